The zero-order chi connectivity index (χ0) is 21.3. The topological polar surface area (TPSA) is 85.8 Å². The summed E-state index contributed by atoms with van der Waals surface area (Å²) in [5, 5.41) is 9.66. The second kappa shape index (κ2) is 12.5. The van der Waals surface area contributed by atoms with Crippen molar-refractivity contribution in [3.05, 3.63) is 64.7 Å². The molecule has 2 amide bonds. The zero-order valence-electron chi connectivity index (χ0n) is 17.4. The highest BCUT2D eigenvalue weighted by Gasteiger charge is 2.21. The van der Waals surface area contributed by atoms with Crippen LogP contribution in [0.2, 0.25) is 5.02 Å². The molecule has 3 N–H and O–H groups in total. The monoisotopic (exact) mass is 555 g/mol. The number of rotatable bonds is 7. The molecule has 0 aliphatic carbocycles. The highest BCUT2D eigenvalue weighted by Crippen LogP contribution is 2.21. The molecule has 9 heteroatoms. The lowest BCUT2D eigenvalue weighted by molar-refractivity contribution is -0.117. The van der Waals surface area contributed by atoms with Crippen LogP contribution in [0.3, 0.4) is 0 Å². The van der Waals surface area contributed by atoms with Gasteiger partial charge in [-0.25, -0.2) is 0 Å². The number of carbonyl (C=O) groups is 2. The van der Waals surface area contributed by atoms with Gasteiger partial charge in [0.25, 0.3) is 5.91 Å². The Morgan fingerprint density at radius 2 is 1.77 bits per heavy atom. The summed E-state index contributed by atoms with van der Waals surface area (Å²) in [4.78, 5) is 30.0. The molecule has 31 heavy (non-hydrogen) atoms. The number of hydrogen-bond acceptors (Lipinski definition) is 3. The number of nitrogens with zero attached hydrogens (tertiary/aromatic N) is 2. The predicted molar refractivity (Wildman–Crippen MR) is 135 cm³/mol. The fourth-order valence-corrected chi connectivity index (χ4v) is 3.44. The first kappa shape index (κ1) is 24.9. The number of anilines is 1. The first-order chi connectivity index (χ1) is 14.6. The molecule has 0 unspecified atom stereocenters. The van der Waals surface area contributed by atoms with Crippen LogP contribution < -0.4 is 20.9 Å². The molecule has 1 saturated heterocycles. The maximum atomic E-state index is 12.1. The molecule has 1 fully saturated rings. The van der Waals surface area contributed by atoms with Gasteiger partial charge < -0.3 is 20.9 Å². The van der Waals surface area contributed by atoms with Gasteiger partial charge in [0.2, 0.25) is 5.91 Å². The third-order valence-electron chi connectivity index (χ3n) is 4.83. The Morgan fingerprint density at radius 1 is 1.06 bits per heavy atom. The zero-order valence-corrected chi connectivity index (χ0v) is 20.4. The lowest BCUT2D eigenvalue weighted by Crippen LogP contribution is -2.41. The standard InChI is InChI=1S/C22H26ClN5O2.HI/c1-24-22(26-13-12-25-21(30)18-5-2-3-6-19(18)23)27-15-16-8-10-17(11-9-16)28-14-4-7-20(28)29;/h2-3,5-6,8-11H,4,7,12-15H2,1H3,(H,25,30)(H2,24,26,27);1H. The van der Waals surface area contributed by atoms with Crippen molar-refractivity contribution in [1.82, 2.24) is 16.0 Å². The SMILES string of the molecule is CN=C(NCCNC(=O)c1ccccc1Cl)NCc1ccc(N2CCCC2=O)cc1.I. The molecule has 0 saturated carbocycles. The van der Waals surface area contributed by atoms with Crippen molar-refractivity contribution in [3.63, 3.8) is 0 Å². The van der Waals surface area contributed by atoms with Gasteiger partial charge in [0, 0.05) is 45.3 Å². The number of benzene rings is 2. The van der Waals surface area contributed by atoms with Crippen LogP contribution in [0.25, 0.3) is 0 Å². The van der Waals surface area contributed by atoms with Crippen LogP contribution in [-0.2, 0) is 11.3 Å². The minimum atomic E-state index is -0.207. The molecule has 0 bridgehead atoms. The third kappa shape index (κ3) is 7.10. The van der Waals surface area contributed by atoms with Crippen molar-refractivity contribution < 1.29 is 9.59 Å². The average molecular weight is 556 g/mol. The van der Waals surface area contributed by atoms with Crippen LogP contribution >= 0.6 is 35.6 Å². The molecular weight excluding hydrogens is 529 g/mol. The minimum absolute atomic E-state index is 0. The lowest BCUT2D eigenvalue weighted by Gasteiger charge is -2.16. The van der Waals surface area contributed by atoms with Gasteiger partial charge in [0.15, 0.2) is 5.96 Å². The van der Waals surface area contributed by atoms with Gasteiger partial charge in [-0.15, -0.1) is 24.0 Å². The van der Waals surface area contributed by atoms with Gasteiger partial charge in [0.1, 0.15) is 0 Å². The van der Waals surface area contributed by atoms with Crippen LogP contribution in [0.5, 0.6) is 0 Å². The van der Waals surface area contributed by atoms with E-state index in [1.165, 1.54) is 0 Å². The molecule has 0 aromatic heterocycles. The highest BCUT2D eigenvalue weighted by molar-refractivity contribution is 14.0. The number of guanidine groups is 1. The van der Waals surface area contributed by atoms with E-state index in [1.807, 2.05) is 29.2 Å². The molecule has 0 atom stereocenters. The summed E-state index contributed by atoms with van der Waals surface area (Å²) in [5.41, 5.74) is 2.49. The molecular formula is C22H27ClIN5O2. The van der Waals surface area contributed by atoms with E-state index in [1.54, 1.807) is 31.3 Å². The Bertz CT molecular complexity index is 920. The molecule has 2 aromatic carbocycles. The summed E-state index contributed by atoms with van der Waals surface area (Å²) in [7, 11) is 1.69. The predicted octanol–water partition coefficient (Wildman–Crippen LogP) is 3.18. The molecule has 2 aromatic rings. The molecule has 7 nitrogen and oxygen atoms in total. The van der Waals surface area contributed by atoms with Crippen LogP contribution in [0.4, 0.5) is 5.69 Å². The highest BCUT2D eigenvalue weighted by atomic mass is 127. The number of halogens is 2. The number of carbonyl (C=O) groups excluding carboxylic acids is 2. The smallest absolute Gasteiger partial charge is 0.252 e. The van der Waals surface area contributed by atoms with Gasteiger partial charge in [0.05, 0.1) is 10.6 Å². The van der Waals surface area contributed by atoms with E-state index < -0.39 is 0 Å². The van der Waals surface area contributed by atoms with E-state index in [4.69, 9.17) is 11.6 Å². The van der Waals surface area contributed by atoms with E-state index in [-0.39, 0.29) is 35.8 Å². The van der Waals surface area contributed by atoms with E-state index in [2.05, 4.69) is 20.9 Å². The molecule has 0 spiro atoms. The Morgan fingerprint density at radius 3 is 2.42 bits per heavy atom. The molecule has 166 valence electrons. The van der Waals surface area contributed by atoms with Crippen LogP contribution in [-0.4, -0.2) is 44.5 Å². The lowest BCUT2D eigenvalue weighted by atomic mass is 10.2. The van der Waals surface area contributed by atoms with Gasteiger partial charge >= 0.3 is 0 Å². The number of hydrogen-bond donors (Lipinski definition) is 3. The Kier molecular flexibility index (Phi) is 10.1. The molecule has 1 aliphatic rings. The van der Waals surface area contributed by atoms with Crippen molar-refractivity contribution in [2.75, 3.05) is 31.6 Å². The second-order valence-electron chi connectivity index (χ2n) is 6.90. The van der Waals surface area contributed by atoms with Gasteiger partial charge in [-0.2, -0.15) is 0 Å². The normalized spacial score (nSPS) is 13.5. The first-order valence-electron chi connectivity index (χ1n) is 9.95. The van der Waals surface area contributed by atoms with E-state index in [0.717, 1.165) is 24.2 Å². The summed E-state index contributed by atoms with van der Waals surface area (Å²) < 4.78 is 0. The second-order valence-corrected chi connectivity index (χ2v) is 7.31. The molecule has 1 heterocycles. The van der Waals surface area contributed by atoms with Crippen molar-refractivity contribution in [2.24, 2.45) is 4.99 Å². The number of nitrogens with one attached hydrogen (secondary N) is 3. The minimum Gasteiger partial charge on any atom is -0.355 e. The Balaban J connectivity index is 0.00000341. The summed E-state index contributed by atoms with van der Waals surface area (Å²) in [6.07, 6.45) is 1.55. The van der Waals surface area contributed by atoms with Crippen LogP contribution in [0.15, 0.2) is 53.5 Å². The summed E-state index contributed by atoms with van der Waals surface area (Å²) in [6, 6.07) is 14.9. The van der Waals surface area contributed by atoms with Gasteiger partial charge in [-0.3, -0.25) is 14.6 Å². The maximum Gasteiger partial charge on any atom is 0.252 e. The van der Waals surface area contributed by atoms with Crippen molar-refractivity contribution in [2.45, 2.75) is 19.4 Å². The van der Waals surface area contributed by atoms with E-state index in [9.17, 15) is 9.59 Å². The first-order valence-corrected chi connectivity index (χ1v) is 10.3. The molecule has 1 aliphatic heterocycles. The fraction of sp³-hybridized carbons (Fsp3) is 0.318. The Hall–Kier alpha value is -2.33. The van der Waals surface area contributed by atoms with Crippen LogP contribution in [0, 0.1) is 0 Å². The maximum absolute atomic E-state index is 12.1. The number of amides is 2. The molecule has 0 radical (unpaired) electrons. The third-order valence-corrected chi connectivity index (χ3v) is 5.16. The Labute approximate surface area is 204 Å². The number of aliphatic imine (C=N–C) groups is 1. The van der Waals surface area contributed by atoms with Crippen LogP contribution in [0.1, 0.15) is 28.8 Å². The summed E-state index contributed by atoms with van der Waals surface area (Å²) in [5.74, 6) is 0.620. The quantitative estimate of drug-likeness (QED) is 0.212. The summed E-state index contributed by atoms with van der Waals surface area (Å²) >= 11 is 6.03. The van der Waals surface area contributed by atoms with Gasteiger partial charge in [-0.05, 0) is 36.2 Å². The van der Waals surface area contributed by atoms with E-state index >= 15 is 0 Å². The average Bonchev–Trinajstić information content (AvgIpc) is 3.19. The summed E-state index contributed by atoms with van der Waals surface area (Å²) in [6.45, 7) is 2.34. The largest absolute Gasteiger partial charge is 0.355 e. The van der Waals surface area contributed by atoms with Crippen molar-refractivity contribution >= 4 is 59.0 Å². The van der Waals surface area contributed by atoms with Gasteiger partial charge in [-0.1, -0.05) is 35.9 Å². The van der Waals surface area contributed by atoms with Crippen molar-refractivity contribution in [3.8, 4) is 0 Å². The van der Waals surface area contributed by atoms with E-state index in [0.29, 0.717) is 42.6 Å². The van der Waals surface area contributed by atoms with Crippen molar-refractivity contribution in [1.29, 1.82) is 0 Å². The molecule has 3 rings (SSSR count). The fourth-order valence-electron chi connectivity index (χ4n) is 3.22.